The van der Waals surface area contributed by atoms with E-state index in [1.807, 2.05) is 6.07 Å². The highest BCUT2D eigenvalue weighted by Crippen LogP contribution is 2.34. The average molecular weight is 290 g/mol. The molecule has 0 radical (unpaired) electrons. The highest BCUT2D eigenvalue weighted by molar-refractivity contribution is 7.99. The van der Waals surface area contributed by atoms with E-state index in [-0.39, 0.29) is 17.9 Å². The van der Waals surface area contributed by atoms with Gasteiger partial charge in [0, 0.05) is 13.1 Å². The maximum atomic E-state index is 11.0. The fraction of sp³-hybridized carbons (Fsp3) is 0.167. The van der Waals surface area contributed by atoms with Gasteiger partial charge in [0.15, 0.2) is 5.16 Å². The first-order valence-corrected chi connectivity index (χ1v) is 6.36. The number of hydrogen-bond donors (Lipinski definition) is 1. The summed E-state index contributed by atoms with van der Waals surface area (Å²) in [6.07, 6.45) is 1.51. The lowest BCUT2D eigenvalue weighted by molar-refractivity contribution is -0.387. The zero-order valence-electron chi connectivity index (χ0n) is 10.5. The molecule has 20 heavy (non-hydrogen) atoms. The van der Waals surface area contributed by atoms with Crippen LogP contribution in [0.15, 0.2) is 34.4 Å². The summed E-state index contributed by atoms with van der Waals surface area (Å²) in [6, 6.07) is 6.15. The molecule has 0 aliphatic rings. The number of rotatable bonds is 4. The van der Waals surface area contributed by atoms with Crippen molar-refractivity contribution in [2.45, 2.75) is 16.7 Å². The van der Waals surface area contributed by atoms with Crippen LogP contribution >= 0.6 is 11.8 Å². The number of nitro groups is 1. The smallest absolute Gasteiger partial charge is 0.284 e. The van der Waals surface area contributed by atoms with Crippen LogP contribution in [0.2, 0.25) is 0 Å². The van der Waals surface area contributed by atoms with Crippen molar-refractivity contribution in [1.82, 2.24) is 9.55 Å². The number of nitro benzene ring substituents is 1. The molecule has 2 aromatic rings. The van der Waals surface area contributed by atoms with Gasteiger partial charge in [-0.15, -0.1) is 0 Å². The number of aliphatic hydroxyl groups excluding tert-OH is 1. The Kier molecular flexibility index (Phi) is 4.02. The Morgan fingerprint density at radius 3 is 2.90 bits per heavy atom. The molecule has 0 fully saturated rings. The topological polar surface area (TPSA) is 105 Å². The normalized spacial score (nSPS) is 10.2. The van der Waals surface area contributed by atoms with Crippen molar-refractivity contribution in [3.63, 3.8) is 0 Å². The third-order valence-electron chi connectivity index (χ3n) is 2.69. The number of aromatic nitrogens is 2. The first-order valence-electron chi connectivity index (χ1n) is 5.54. The van der Waals surface area contributed by atoms with E-state index < -0.39 is 4.92 Å². The van der Waals surface area contributed by atoms with E-state index in [1.165, 1.54) is 24.4 Å². The molecule has 8 heteroatoms. The van der Waals surface area contributed by atoms with Crippen molar-refractivity contribution >= 4 is 17.4 Å². The highest BCUT2D eigenvalue weighted by Gasteiger charge is 2.18. The van der Waals surface area contributed by atoms with E-state index in [0.717, 1.165) is 11.8 Å². The molecule has 102 valence electrons. The predicted molar refractivity (Wildman–Crippen MR) is 71.1 cm³/mol. The molecule has 0 aliphatic heterocycles. The van der Waals surface area contributed by atoms with E-state index in [9.17, 15) is 10.1 Å². The van der Waals surface area contributed by atoms with Gasteiger partial charge < -0.3 is 9.67 Å². The quantitative estimate of drug-likeness (QED) is 0.680. The molecule has 0 amide bonds. The fourth-order valence-corrected chi connectivity index (χ4v) is 2.51. The molecule has 0 saturated carbocycles. The Balaban J connectivity index is 2.40. The molecule has 7 nitrogen and oxygen atoms in total. The zero-order chi connectivity index (χ0) is 14.7. The van der Waals surface area contributed by atoms with Crippen molar-refractivity contribution in [2.75, 3.05) is 0 Å². The van der Waals surface area contributed by atoms with Gasteiger partial charge in [0.1, 0.15) is 0 Å². The summed E-state index contributed by atoms with van der Waals surface area (Å²) < 4.78 is 1.66. The predicted octanol–water partition coefficient (Wildman–Crippen LogP) is 1.84. The maximum Gasteiger partial charge on any atom is 0.284 e. The Morgan fingerprint density at radius 2 is 2.35 bits per heavy atom. The van der Waals surface area contributed by atoms with Crippen LogP contribution in [0.25, 0.3) is 0 Å². The fourth-order valence-electron chi connectivity index (χ4n) is 1.58. The summed E-state index contributed by atoms with van der Waals surface area (Å²) in [5.74, 6) is 0. The Bertz CT molecular complexity index is 705. The maximum absolute atomic E-state index is 11.0. The lowest BCUT2D eigenvalue weighted by Gasteiger charge is -2.04. The minimum atomic E-state index is -0.529. The van der Waals surface area contributed by atoms with Gasteiger partial charge in [-0.1, -0.05) is 0 Å². The van der Waals surface area contributed by atoms with E-state index in [1.54, 1.807) is 11.6 Å². The van der Waals surface area contributed by atoms with E-state index in [4.69, 9.17) is 10.4 Å². The SMILES string of the molecule is Cn1c(CO)cnc1Sc1ccc(C#N)cc1[N+](=O)[O-]. The third kappa shape index (κ3) is 2.64. The number of imidazole rings is 1. The Labute approximate surface area is 118 Å². The van der Waals surface area contributed by atoms with Gasteiger partial charge in [0.25, 0.3) is 5.69 Å². The van der Waals surface area contributed by atoms with Crippen LogP contribution in [-0.4, -0.2) is 19.6 Å². The van der Waals surface area contributed by atoms with Gasteiger partial charge in [-0.2, -0.15) is 5.26 Å². The second-order valence-corrected chi connectivity index (χ2v) is 4.91. The summed E-state index contributed by atoms with van der Waals surface area (Å²) in [4.78, 5) is 15.0. The van der Waals surface area contributed by atoms with Crippen LogP contribution < -0.4 is 0 Å². The summed E-state index contributed by atoms with van der Waals surface area (Å²) in [5, 5.41) is 29.4. The van der Waals surface area contributed by atoms with Gasteiger partial charge in [0.05, 0.1) is 39.9 Å². The second-order valence-electron chi connectivity index (χ2n) is 3.90. The van der Waals surface area contributed by atoms with E-state index >= 15 is 0 Å². The van der Waals surface area contributed by atoms with E-state index in [2.05, 4.69) is 4.98 Å². The first-order chi connectivity index (χ1) is 9.56. The molecule has 1 N–H and O–H groups in total. The van der Waals surface area contributed by atoms with Crippen molar-refractivity contribution < 1.29 is 10.0 Å². The minimum Gasteiger partial charge on any atom is -0.390 e. The summed E-state index contributed by atoms with van der Waals surface area (Å²) in [5.41, 5.74) is 0.711. The molecular weight excluding hydrogens is 280 g/mol. The molecule has 1 heterocycles. The number of nitrogens with zero attached hydrogens (tertiary/aromatic N) is 4. The van der Waals surface area contributed by atoms with Crippen LogP contribution in [0.5, 0.6) is 0 Å². The largest absolute Gasteiger partial charge is 0.390 e. The standard InChI is InChI=1S/C12H10N4O3S/c1-15-9(7-17)6-14-12(15)20-11-3-2-8(5-13)4-10(11)16(18)19/h2-4,6,17H,7H2,1H3. The molecule has 0 atom stereocenters. The van der Waals surface area contributed by atoms with Gasteiger partial charge in [-0.25, -0.2) is 4.98 Å². The first kappa shape index (κ1) is 14.0. The Morgan fingerprint density at radius 1 is 1.60 bits per heavy atom. The van der Waals surface area contributed by atoms with Crippen molar-refractivity contribution in [2.24, 2.45) is 7.05 Å². The van der Waals surface area contributed by atoms with Crippen LogP contribution in [0.4, 0.5) is 5.69 Å². The van der Waals surface area contributed by atoms with Crippen LogP contribution in [0.3, 0.4) is 0 Å². The molecule has 0 spiro atoms. The number of aliphatic hydroxyl groups is 1. The molecule has 0 unspecified atom stereocenters. The molecule has 1 aromatic carbocycles. The van der Waals surface area contributed by atoms with E-state index in [0.29, 0.717) is 15.7 Å². The van der Waals surface area contributed by atoms with Crippen LogP contribution in [0, 0.1) is 21.4 Å². The molecule has 0 aliphatic carbocycles. The summed E-state index contributed by atoms with van der Waals surface area (Å²) >= 11 is 1.11. The lowest BCUT2D eigenvalue weighted by atomic mass is 10.2. The summed E-state index contributed by atoms with van der Waals surface area (Å²) in [6.45, 7) is -0.153. The van der Waals surface area contributed by atoms with Gasteiger partial charge in [-0.05, 0) is 23.9 Å². The highest BCUT2D eigenvalue weighted by atomic mass is 32.2. The average Bonchev–Trinajstić information content (AvgIpc) is 2.79. The van der Waals surface area contributed by atoms with Crippen molar-refractivity contribution in [3.05, 3.63) is 45.8 Å². The van der Waals surface area contributed by atoms with Gasteiger partial charge >= 0.3 is 0 Å². The number of hydrogen-bond acceptors (Lipinski definition) is 6. The number of nitriles is 1. The molecule has 2 rings (SSSR count). The zero-order valence-corrected chi connectivity index (χ0v) is 11.3. The number of benzene rings is 1. The van der Waals surface area contributed by atoms with Crippen molar-refractivity contribution in [3.8, 4) is 6.07 Å². The molecular formula is C12H10N4O3S. The third-order valence-corrected chi connectivity index (χ3v) is 3.82. The molecule has 0 bridgehead atoms. The molecule has 0 saturated heterocycles. The second kappa shape index (κ2) is 5.73. The van der Waals surface area contributed by atoms with Crippen LogP contribution in [-0.2, 0) is 13.7 Å². The monoisotopic (exact) mass is 290 g/mol. The van der Waals surface area contributed by atoms with Crippen LogP contribution in [0.1, 0.15) is 11.3 Å². The Hall–Kier alpha value is -2.37. The molecule has 1 aromatic heterocycles. The van der Waals surface area contributed by atoms with Gasteiger partial charge in [-0.3, -0.25) is 10.1 Å². The lowest BCUT2D eigenvalue weighted by Crippen LogP contribution is -1.98. The van der Waals surface area contributed by atoms with Gasteiger partial charge in [0.2, 0.25) is 0 Å². The summed E-state index contributed by atoms with van der Waals surface area (Å²) in [7, 11) is 1.72. The minimum absolute atomic E-state index is 0.136. The van der Waals surface area contributed by atoms with Crippen molar-refractivity contribution in [1.29, 1.82) is 5.26 Å².